The first-order valence-corrected chi connectivity index (χ1v) is 13.9. The van der Waals surface area contributed by atoms with Crippen LogP contribution in [0.4, 0.5) is 0 Å². The topological polar surface area (TPSA) is 74.8 Å². The van der Waals surface area contributed by atoms with Crippen molar-refractivity contribution < 1.29 is 19.4 Å². The van der Waals surface area contributed by atoms with Crippen LogP contribution in [-0.4, -0.2) is 33.9 Å². The Morgan fingerprint density at radius 3 is 2.71 bits per heavy atom. The fourth-order valence-electron chi connectivity index (χ4n) is 6.06. The number of nitrogens with one attached hydrogen (secondary N) is 1. The molecule has 41 heavy (non-hydrogen) atoms. The summed E-state index contributed by atoms with van der Waals surface area (Å²) in [7, 11) is 0. The molecule has 0 bridgehead atoms. The molecule has 0 saturated carbocycles. The van der Waals surface area contributed by atoms with Crippen LogP contribution >= 0.6 is 0 Å². The van der Waals surface area contributed by atoms with Crippen LogP contribution in [0.2, 0.25) is 0 Å². The standard InChI is InChI=1S/C35H34N2O4/c1-5-17-40-33-23(3)31(41-21-24-9-7-6-8-10-24)14-12-28(33)32(39)25-18-22(2)35(4)34-27(15-16-37(35)20-25)29-19-26(38)11-13-30(29)36-34/h5-14,18-20,36,38H,1,15-17,21H2,2-4H3. The summed E-state index contributed by atoms with van der Waals surface area (Å²) in [6.45, 7) is 11.4. The maximum absolute atomic E-state index is 14.1. The lowest BCUT2D eigenvalue weighted by Gasteiger charge is -2.47. The Labute approximate surface area is 240 Å². The molecule has 0 radical (unpaired) electrons. The summed E-state index contributed by atoms with van der Waals surface area (Å²) in [5.74, 6) is 1.35. The second kappa shape index (κ2) is 10.4. The Bertz CT molecular complexity index is 1730. The third kappa shape index (κ3) is 4.49. The predicted octanol–water partition coefficient (Wildman–Crippen LogP) is 7.13. The predicted molar refractivity (Wildman–Crippen MR) is 162 cm³/mol. The molecule has 2 aliphatic heterocycles. The van der Waals surface area contributed by atoms with Crippen LogP contribution in [0.3, 0.4) is 0 Å². The average Bonchev–Trinajstić information content (AvgIpc) is 3.35. The summed E-state index contributed by atoms with van der Waals surface area (Å²) in [4.78, 5) is 19.9. The van der Waals surface area contributed by atoms with Gasteiger partial charge in [0.05, 0.1) is 11.1 Å². The number of aromatic hydroxyl groups is 1. The molecular formula is C35H34N2O4. The van der Waals surface area contributed by atoms with Gasteiger partial charge in [-0.1, -0.05) is 43.0 Å². The van der Waals surface area contributed by atoms with Crippen LogP contribution < -0.4 is 9.47 Å². The van der Waals surface area contributed by atoms with E-state index in [1.807, 2.05) is 67.7 Å². The lowest BCUT2D eigenvalue weighted by atomic mass is 9.78. The number of hydrogen-bond acceptors (Lipinski definition) is 5. The molecule has 1 unspecified atom stereocenters. The molecule has 3 heterocycles. The summed E-state index contributed by atoms with van der Waals surface area (Å²) in [5.41, 5.74) is 6.90. The summed E-state index contributed by atoms with van der Waals surface area (Å²) < 4.78 is 12.2. The number of fused-ring (bicyclic) bond motifs is 5. The number of H-pyrrole nitrogens is 1. The molecular weight excluding hydrogens is 512 g/mol. The van der Waals surface area contributed by atoms with E-state index < -0.39 is 5.54 Å². The molecule has 1 aromatic heterocycles. The molecule has 2 N–H and O–H groups in total. The molecule has 208 valence electrons. The molecule has 6 rings (SSSR count). The Balaban J connectivity index is 1.33. The molecule has 2 aliphatic rings. The van der Waals surface area contributed by atoms with Gasteiger partial charge < -0.3 is 24.5 Å². The highest BCUT2D eigenvalue weighted by molar-refractivity contribution is 6.12. The molecule has 6 heteroatoms. The Kier molecular flexibility index (Phi) is 6.70. The number of aromatic amines is 1. The smallest absolute Gasteiger partial charge is 0.198 e. The number of hydrogen-bond donors (Lipinski definition) is 2. The number of nitrogens with zero attached hydrogens (tertiary/aromatic N) is 1. The minimum absolute atomic E-state index is 0.101. The average molecular weight is 547 g/mol. The van der Waals surface area contributed by atoms with E-state index >= 15 is 0 Å². The van der Waals surface area contributed by atoms with E-state index in [4.69, 9.17) is 9.47 Å². The van der Waals surface area contributed by atoms with E-state index in [9.17, 15) is 9.90 Å². The van der Waals surface area contributed by atoms with Crippen molar-refractivity contribution in [2.75, 3.05) is 13.2 Å². The van der Waals surface area contributed by atoms with Crippen molar-refractivity contribution in [3.8, 4) is 17.2 Å². The Morgan fingerprint density at radius 1 is 1.12 bits per heavy atom. The van der Waals surface area contributed by atoms with E-state index in [0.717, 1.165) is 46.3 Å². The van der Waals surface area contributed by atoms with E-state index in [2.05, 4.69) is 30.3 Å². The summed E-state index contributed by atoms with van der Waals surface area (Å²) >= 11 is 0. The fourth-order valence-corrected chi connectivity index (χ4v) is 6.06. The van der Waals surface area contributed by atoms with Crippen LogP contribution in [0.1, 0.15) is 46.6 Å². The van der Waals surface area contributed by atoms with Gasteiger partial charge in [-0.3, -0.25) is 4.79 Å². The van der Waals surface area contributed by atoms with Gasteiger partial charge in [-0.15, -0.1) is 0 Å². The fraction of sp³-hybridized carbons (Fsp3) is 0.229. The zero-order chi connectivity index (χ0) is 28.7. The quantitative estimate of drug-likeness (QED) is 0.182. The van der Waals surface area contributed by atoms with Gasteiger partial charge in [-0.05, 0) is 80.3 Å². The first kappa shape index (κ1) is 26.5. The molecule has 0 spiro atoms. The largest absolute Gasteiger partial charge is 0.508 e. The van der Waals surface area contributed by atoms with E-state index in [-0.39, 0.29) is 18.1 Å². The maximum Gasteiger partial charge on any atom is 0.198 e. The zero-order valence-electron chi connectivity index (χ0n) is 23.7. The van der Waals surface area contributed by atoms with Crippen LogP contribution in [0.25, 0.3) is 10.9 Å². The molecule has 3 aromatic carbocycles. The maximum atomic E-state index is 14.1. The monoisotopic (exact) mass is 546 g/mol. The third-order valence-corrected chi connectivity index (χ3v) is 8.43. The highest BCUT2D eigenvalue weighted by atomic mass is 16.5. The van der Waals surface area contributed by atoms with Crippen molar-refractivity contribution in [3.05, 3.63) is 125 Å². The van der Waals surface area contributed by atoms with E-state index in [0.29, 0.717) is 29.2 Å². The first-order chi connectivity index (χ1) is 19.8. The molecule has 0 amide bonds. The number of benzene rings is 3. The number of Topliss-reactive ketones (excluding diaryl/α,β-unsaturated/α-hetero) is 1. The van der Waals surface area contributed by atoms with E-state index in [1.165, 1.54) is 5.56 Å². The minimum atomic E-state index is -0.431. The van der Waals surface area contributed by atoms with Crippen LogP contribution in [0.15, 0.2) is 96.7 Å². The number of phenolic OH excluding ortho intramolecular Hbond substituents is 1. The number of ketones is 1. The van der Waals surface area contributed by atoms with Gasteiger partial charge in [-0.25, -0.2) is 0 Å². The number of ether oxygens (including phenoxy) is 2. The number of rotatable bonds is 8. The molecule has 1 atom stereocenters. The Hall–Kier alpha value is -4.71. The third-order valence-electron chi connectivity index (χ3n) is 8.43. The van der Waals surface area contributed by atoms with Crippen molar-refractivity contribution in [1.82, 2.24) is 9.88 Å². The highest BCUT2D eigenvalue weighted by Gasteiger charge is 2.43. The lowest BCUT2D eigenvalue weighted by Crippen LogP contribution is -2.48. The number of allylic oxidation sites excluding steroid dienone is 2. The second-order valence-corrected chi connectivity index (χ2v) is 10.9. The molecule has 6 nitrogen and oxygen atoms in total. The Morgan fingerprint density at radius 2 is 1.93 bits per heavy atom. The summed E-state index contributed by atoms with van der Waals surface area (Å²) in [6, 6.07) is 19.1. The van der Waals surface area contributed by atoms with Gasteiger partial charge in [0.1, 0.15) is 30.5 Å². The van der Waals surface area contributed by atoms with Gasteiger partial charge in [-0.2, -0.15) is 0 Å². The van der Waals surface area contributed by atoms with Gasteiger partial charge in [0, 0.05) is 40.5 Å². The normalized spacial score (nSPS) is 17.8. The SMILES string of the molecule is C=CCOc1c(C(=O)C2=CN3CCc4c([nH]c5ccc(O)cc45)C3(C)C(C)=C2)ccc(OCc2ccccc2)c1C. The van der Waals surface area contributed by atoms with Gasteiger partial charge in [0.15, 0.2) is 5.78 Å². The van der Waals surface area contributed by atoms with E-state index in [1.54, 1.807) is 18.2 Å². The van der Waals surface area contributed by atoms with Crippen molar-refractivity contribution in [2.24, 2.45) is 0 Å². The zero-order valence-corrected chi connectivity index (χ0v) is 23.7. The number of carbonyl (C=O) groups is 1. The number of aromatic nitrogens is 1. The van der Waals surface area contributed by atoms with Crippen LogP contribution in [0, 0.1) is 6.92 Å². The molecule has 0 saturated heterocycles. The summed E-state index contributed by atoms with van der Waals surface area (Å²) in [6.07, 6.45) is 6.45. The van der Waals surface area contributed by atoms with Gasteiger partial charge in [0.2, 0.25) is 0 Å². The highest BCUT2D eigenvalue weighted by Crippen LogP contribution is 2.46. The molecule has 0 fully saturated rings. The van der Waals surface area contributed by atoms with Crippen molar-refractivity contribution >= 4 is 16.7 Å². The first-order valence-electron chi connectivity index (χ1n) is 13.9. The van der Waals surface area contributed by atoms with Crippen LogP contribution in [-0.2, 0) is 18.6 Å². The van der Waals surface area contributed by atoms with Gasteiger partial charge in [0.25, 0.3) is 0 Å². The summed E-state index contributed by atoms with van der Waals surface area (Å²) in [5, 5.41) is 11.1. The number of carbonyl (C=O) groups excluding carboxylic acids is 1. The van der Waals surface area contributed by atoms with Crippen molar-refractivity contribution in [1.29, 1.82) is 0 Å². The van der Waals surface area contributed by atoms with Crippen LogP contribution in [0.5, 0.6) is 17.2 Å². The van der Waals surface area contributed by atoms with Gasteiger partial charge >= 0.3 is 0 Å². The molecule has 4 aromatic rings. The minimum Gasteiger partial charge on any atom is -0.508 e. The van der Waals surface area contributed by atoms with Crippen molar-refractivity contribution in [2.45, 2.75) is 39.3 Å². The van der Waals surface area contributed by atoms with Crippen molar-refractivity contribution in [3.63, 3.8) is 0 Å². The number of phenols is 1. The second-order valence-electron chi connectivity index (χ2n) is 10.9. The molecule has 0 aliphatic carbocycles. The lowest BCUT2D eigenvalue weighted by molar-refractivity contribution is 0.102.